The van der Waals surface area contributed by atoms with Gasteiger partial charge >= 0.3 is 0 Å². The summed E-state index contributed by atoms with van der Waals surface area (Å²) >= 11 is 0. The van der Waals surface area contributed by atoms with Gasteiger partial charge in [-0.05, 0) is 37.1 Å². The summed E-state index contributed by atoms with van der Waals surface area (Å²) in [4.78, 5) is 0. The van der Waals surface area contributed by atoms with Crippen LogP contribution in [0.5, 0.6) is 0 Å². The van der Waals surface area contributed by atoms with Crippen LogP contribution < -0.4 is 5.32 Å². The van der Waals surface area contributed by atoms with E-state index in [0.29, 0.717) is 5.92 Å². The van der Waals surface area contributed by atoms with Crippen LogP contribution in [-0.4, -0.2) is 7.11 Å². The zero-order chi connectivity index (χ0) is 13.2. The minimum absolute atomic E-state index is 0.470. The van der Waals surface area contributed by atoms with Gasteiger partial charge in [-0.1, -0.05) is 37.3 Å². The second-order valence-corrected chi connectivity index (χ2v) is 4.04. The highest BCUT2D eigenvalue weighted by molar-refractivity contribution is 5.33. The molecular formula is C16H21NO. The van der Waals surface area contributed by atoms with Gasteiger partial charge < -0.3 is 10.1 Å². The summed E-state index contributed by atoms with van der Waals surface area (Å²) in [6, 6.07) is 0. The summed E-state index contributed by atoms with van der Waals surface area (Å²) in [7, 11) is 1.64. The molecule has 0 saturated carbocycles. The zero-order valence-electron chi connectivity index (χ0n) is 11.3. The summed E-state index contributed by atoms with van der Waals surface area (Å²) in [6.45, 7) is 4.15. The molecule has 2 heteroatoms. The smallest absolute Gasteiger partial charge is 0.0845 e. The standard InChI is InChI=1S/C16H21NO/c1-4-5-8-16(12-13-18-3)17-15-9-6-7-14(2)10-11-15/h4-14,17H,1-3H3/b5-4-,13-12-,16-8+. The molecule has 0 aromatic carbocycles. The minimum atomic E-state index is 0.470. The van der Waals surface area contributed by atoms with Crippen LogP contribution in [0.1, 0.15) is 13.8 Å². The van der Waals surface area contributed by atoms with E-state index in [1.807, 2.05) is 31.2 Å². The van der Waals surface area contributed by atoms with Crippen molar-refractivity contribution in [1.29, 1.82) is 0 Å². The quantitative estimate of drug-likeness (QED) is 0.585. The van der Waals surface area contributed by atoms with E-state index in [2.05, 4.69) is 42.6 Å². The number of hydrogen-bond acceptors (Lipinski definition) is 2. The number of rotatable bonds is 5. The lowest BCUT2D eigenvalue weighted by atomic mass is 10.2. The fraction of sp³-hybridized carbons (Fsp3) is 0.250. The van der Waals surface area contributed by atoms with Crippen LogP contribution in [0.4, 0.5) is 0 Å². The SMILES string of the molecule is C\C=C/C=C(\C=C/OC)NC1=CC=CC(C)C=C1. The van der Waals surface area contributed by atoms with E-state index < -0.39 is 0 Å². The van der Waals surface area contributed by atoms with Crippen LogP contribution in [0.15, 0.2) is 72.3 Å². The van der Waals surface area contributed by atoms with E-state index >= 15 is 0 Å². The molecule has 0 aromatic heterocycles. The van der Waals surface area contributed by atoms with Crippen molar-refractivity contribution in [2.45, 2.75) is 13.8 Å². The molecule has 0 radical (unpaired) electrons. The van der Waals surface area contributed by atoms with E-state index in [1.165, 1.54) is 0 Å². The summed E-state index contributed by atoms with van der Waals surface area (Å²) in [5, 5.41) is 3.35. The molecule has 0 aromatic rings. The molecule has 96 valence electrons. The van der Waals surface area contributed by atoms with Gasteiger partial charge in [0.25, 0.3) is 0 Å². The highest BCUT2D eigenvalue weighted by atomic mass is 16.5. The Balaban J connectivity index is 2.78. The third kappa shape index (κ3) is 5.39. The molecule has 1 aliphatic carbocycles. The molecule has 0 saturated heterocycles. The Bertz CT molecular complexity index is 422. The van der Waals surface area contributed by atoms with E-state index in [0.717, 1.165) is 11.4 Å². The van der Waals surface area contributed by atoms with Gasteiger partial charge in [0.05, 0.1) is 13.4 Å². The maximum atomic E-state index is 4.95. The average molecular weight is 243 g/mol. The van der Waals surface area contributed by atoms with E-state index in [9.17, 15) is 0 Å². The van der Waals surface area contributed by atoms with Crippen molar-refractivity contribution >= 4 is 0 Å². The molecule has 2 nitrogen and oxygen atoms in total. The fourth-order valence-electron chi connectivity index (χ4n) is 1.44. The second kappa shape index (κ2) is 8.18. The lowest BCUT2D eigenvalue weighted by Gasteiger charge is -2.07. The normalized spacial score (nSPS) is 20.3. The van der Waals surface area contributed by atoms with E-state index in [-0.39, 0.29) is 0 Å². The molecular weight excluding hydrogens is 222 g/mol. The maximum absolute atomic E-state index is 4.95. The Morgan fingerprint density at radius 1 is 1.39 bits per heavy atom. The van der Waals surface area contributed by atoms with Gasteiger partial charge in [0.1, 0.15) is 0 Å². The molecule has 0 fully saturated rings. The predicted octanol–water partition coefficient (Wildman–Crippen LogP) is 3.84. The van der Waals surface area contributed by atoms with Crippen LogP contribution in [0, 0.1) is 5.92 Å². The molecule has 1 unspecified atom stereocenters. The molecule has 1 N–H and O–H groups in total. The average Bonchev–Trinajstić information content (AvgIpc) is 2.57. The maximum Gasteiger partial charge on any atom is 0.0845 e. The first-order valence-electron chi connectivity index (χ1n) is 6.12. The Morgan fingerprint density at radius 2 is 2.22 bits per heavy atom. The number of ether oxygens (including phenoxy) is 1. The van der Waals surface area contributed by atoms with Crippen LogP contribution in [0.3, 0.4) is 0 Å². The van der Waals surface area contributed by atoms with Gasteiger partial charge in [-0.2, -0.15) is 0 Å². The van der Waals surface area contributed by atoms with E-state index in [4.69, 9.17) is 4.74 Å². The van der Waals surface area contributed by atoms with Crippen molar-refractivity contribution in [2.75, 3.05) is 7.11 Å². The molecule has 0 spiro atoms. The fourth-order valence-corrected chi connectivity index (χ4v) is 1.44. The van der Waals surface area contributed by atoms with Gasteiger partial charge in [-0.25, -0.2) is 0 Å². The van der Waals surface area contributed by atoms with Crippen molar-refractivity contribution < 1.29 is 4.74 Å². The number of methoxy groups -OCH3 is 1. The van der Waals surface area contributed by atoms with Gasteiger partial charge in [0, 0.05) is 11.4 Å². The number of nitrogens with one attached hydrogen (secondary N) is 1. The second-order valence-electron chi connectivity index (χ2n) is 4.04. The van der Waals surface area contributed by atoms with Crippen LogP contribution in [-0.2, 0) is 4.74 Å². The lowest BCUT2D eigenvalue weighted by molar-refractivity contribution is 0.337. The van der Waals surface area contributed by atoms with Crippen molar-refractivity contribution in [1.82, 2.24) is 5.32 Å². The molecule has 0 heterocycles. The molecule has 0 amide bonds. The van der Waals surface area contributed by atoms with Gasteiger partial charge in [0.2, 0.25) is 0 Å². The Labute approximate surface area is 110 Å². The molecule has 18 heavy (non-hydrogen) atoms. The summed E-state index contributed by atoms with van der Waals surface area (Å²) < 4.78 is 4.95. The topological polar surface area (TPSA) is 21.3 Å². The van der Waals surface area contributed by atoms with Crippen LogP contribution in [0.25, 0.3) is 0 Å². The van der Waals surface area contributed by atoms with Crippen molar-refractivity contribution in [3.8, 4) is 0 Å². The largest absolute Gasteiger partial charge is 0.504 e. The van der Waals surface area contributed by atoms with Crippen molar-refractivity contribution in [2.24, 2.45) is 5.92 Å². The first-order chi connectivity index (χ1) is 8.76. The summed E-state index contributed by atoms with van der Waals surface area (Å²) in [5.41, 5.74) is 2.04. The van der Waals surface area contributed by atoms with Crippen molar-refractivity contribution in [3.05, 3.63) is 72.3 Å². The minimum Gasteiger partial charge on any atom is -0.504 e. The summed E-state index contributed by atoms with van der Waals surface area (Å²) in [5.74, 6) is 0.470. The van der Waals surface area contributed by atoms with Gasteiger partial charge in [-0.15, -0.1) is 0 Å². The first-order valence-corrected chi connectivity index (χ1v) is 6.12. The third-order valence-electron chi connectivity index (χ3n) is 2.41. The first kappa shape index (κ1) is 14.1. The lowest BCUT2D eigenvalue weighted by Crippen LogP contribution is -2.09. The van der Waals surface area contributed by atoms with Crippen molar-refractivity contribution in [3.63, 3.8) is 0 Å². The molecule has 1 rings (SSSR count). The Kier molecular flexibility index (Phi) is 6.41. The third-order valence-corrected chi connectivity index (χ3v) is 2.41. The molecule has 0 aliphatic heterocycles. The predicted molar refractivity (Wildman–Crippen MR) is 77.7 cm³/mol. The van der Waals surface area contributed by atoms with Crippen LogP contribution >= 0.6 is 0 Å². The Hall–Kier alpha value is -1.96. The molecule has 1 aliphatic rings. The Morgan fingerprint density at radius 3 is 2.94 bits per heavy atom. The number of hydrogen-bond donors (Lipinski definition) is 1. The highest BCUT2D eigenvalue weighted by Gasteiger charge is 1.98. The molecule has 0 bridgehead atoms. The van der Waals surface area contributed by atoms with Gasteiger partial charge in [-0.3, -0.25) is 0 Å². The monoisotopic (exact) mass is 243 g/mol. The zero-order valence-corrected chi connectivity index (χ0v) is 11.3. The molecule has 1 atom stereocenters. The highest BCUT2D eigenvalue weighted by Crippen LogP contribution is 2.09. The number of allylic oxidation sites excluding steroid dienone is 9. The van der Waals surface area contributed by atoms with Gasteiger partial charge in [0.15, 0.2) is 0 Å². The van der Waals surface area contributed by atoms with E-state index in [1.54, 1.807) is 13.4 Å². The van der Waals surface area contributed by atoms with Crippen LogP contribution in [0.2, 0.25) is 0 Å². The summed E-state index contributed by atoms with van der Waals surface area (Å²) in [6.07, 6.45) is 20.1.